The molecular weight excluding hydrogens is 438 g/mol. The maximum atomic E-state index is 13.0. The number of nitrogens with zero attached hydrogens (tertiary/aromatic N) is 1. The predicted molar refractivity (Wildman–Crippen MR) is 122 cm³/mol. The minimum absolute atomic E-state index is 0.135. The molecule has 34 heavy (non-hydrogen) atoms. The van der Waals surface area contributed by atoms with E-state index in [0.29, 0.717) is 18.0 Å². The first-order valence-electron chi connectivity index (χ1n) is 10.9. The quantitative estimate of drug-likeness (QED) is 0.544. The van der Waals surface area contributed by atoms with Crippen molar-refractivity contribution in [1.29, 1.82) is 0 Å². The van der Waals surface area contributed by atoms with E-state index < -0.39 is 17.7 Å². The first-order valence-corrected chi connectivity index (χ1v) is 10.9. The van der Waals surface area contributed by atoms with E-state index in [2.05, 4.69) is 10.6 Å². The molecule has 1 atom stereocenters. The molecule has 2 aliphatic rings. The summed E-state index contributed by atoms with van der Waals surface area (Å²) in [6, 6.07) is 14.3. The molecule has 172 valence electrons. The van der Waals surface area contributed by atoms with Gasteiger partial charge >= 0.3 is 0 Å². The molecule has 2 N–H and O–H groups in total. The van der Waals surface area contributed by atoms with Crippen molar-refractivity contribution in [1.82, 2.24) is 4.90 Å². The molecule has 2 aromatic carbocycles. The summed E-state index contributed by atoms with van der Waals surface area (Å²) in [5.74, 6) is -1.62. The van der Waals surface area contributed by atoms with Gasteiger partial charge in [0.15, 0.2) is 5.76 Å². The number of hydrogen-bond acceptors (Lipinski definition) is 6. The van der Waals surface area contributed by atoms with Crippen molar-refractivity contribution in [2.24, 2.45) is 0 Å². The highest BCUT2D eigenvalue weighted by Crippen LogP contribution is 2.27. The third-order valence-corrected chi connectivity index (χ3v) is 5.81. The Balaban J connectivity index is 1.33. The Labute approximate surface area is 194 Å². The van der Waals surface area contributed by atoms with Crippen LogP contribution in [0.15, 0.2) is 65.3 Å². The molecule has 9 nitrogen and oxygen atoms in total. The molecule has 0 aliphatic carbocycles. The van der Waals surface area contributed by atoms with Crippen LogP contribution in [-0.2, 0) is 4.74 Å². The Kier molecular flexibility index (Phi) is 5.69. The lowest BCUT2D eigenvalue weighted by atomic mass is 10.1. The average molecular weight is 459 g/mol. The minimum Gasteiger partial charge on any atom is -0.459 e. The predicted octanol–water partition coefficient (Wildman–Crippen LogP) is 3.56. The zero-order valence-corrected chi connectivity index (χ0v) is 18.1. The summed E-state index contributed by atoms with van der Waals surface area (Å²) in [5, 5.41) is 5.45. The highest BCUT2D eigenvalue weighted by molar-refractivity contribution is 6.22. The number of para-hydroxylation sites is 2. The van der Waals surface area contributed by atoms with Crippen LogP contribution in [0.3, 0.4) is 0 Å². The van der Waals surface area contributed by atoms with Gasteiger partial charge < -0.3 is 19.8 Å². The second-order valence-corrected chi connectivity index (χ2v) is 8.05. The van der Waals surface area contributed by atoms with Gasteiger partial charge in [-0.3, -0.25) is 24.1 Å². The number of carbonyl (C=O) groups excluding carboxylic acids is 4. The van der Waals surface area contributed by atoms with Crippen molar-refractivity contribution < 1.29 is 28.3 Å². The lowest BCUT2D eigenvalue weighted by molar-refractivity contribution is 0.0475. The van der Waals surface area contributed by atoms with Gasteiger partial charge in [-0.05, 0) is 55.3 Å². The largest absolute Gasteiger partial charge is 0.459 e. The lowest BCUT2D eigenvalue weighted by Gasteiger charge is -2.17. The van der Waals surface area contributed by atoms with Gasteiger partial charge in [0.05, 0.1) is 41.4 Å². The molecule has 2 aliphatic heterocycles. The van der Waals surface area contributed by atoms with Crippen LogP contribution >= 0.6 is 0 Å². The van der Waals surface area contributed by atoms with Gasteiger partial charge in [-0.1, -0.05) is 12.1 Å². The van der Waals surface area contributed by atoms with E-state index in [9.17, 15) is 19.2 Å². The number of imide groups is 1. The van der Waals surface area contributed by atoms with Gasteiger partial charge in [-0.25, -0.2) is 0 Å². The van der Waals surface area contributed by atoms with E-state index in [1.165, 1.54) is 35.4 Å². The van der Waals surface area contributed by atoms with Crippen LogP contribution in [0, 0.1) is 0 Å². The molecule has 4 amide bonds. The van der Waals surface area contributed by atoms with Gasteiger partial charge in [-0.15, -0.1) is 0 Å². The SMILES string of the molecule is O=C(Nc1ccccc1NC(=O)c1ccco1)c1ccc2c(c1)C(=O)N(CC1CCCO1)C2=O. The number of benzene rings is 2. The van der Waals surface area contributed by atoms with Crippen LogP contribution in [0.1, 0.15) is 54.5 Å². The van der Waals surface area contributed by atoms with Crippen molar-refractivity contribution in [3.05, 3.63) is 83.3 Å². The van der Waals surface area contributed by atoms with Crippen molar-refractivity contribution in [3.63, 3.8) is 0 Å². The number of anilines is 2. The maximum absolute atomic E-state index is 13.0. The fraction of sp³-hybridized carbons (Fsp3) is 0.200. The second kappa shape index (κ2) is 8.95. The number of amides is 4. The third-order valence-electron chi connectivity index (χ3n) is 5.81. The summed E-state index contributed by atoms with van der Waals surface area (Å²) in [5.41, 5.74) is 1.43. The topological polar surface area (TPSA) is 118 Å². The van der Waals surface area contributed by atoms with Crippen molar-refractivity contribution in [2.75, 3.05) is 23.8 Å². The normalized spacial score (nSPS) is 17.1. The van der Waals surface area contributed by atoms with Crippen molar-refractivity contribution in [3.8, 4) is 0 Å². The number of rotatable bonds is 6. The molecule has 0 spiro atoms. The van der Waals surface area contributed by atoms with E-state index in [-0.39, 0.29) is 41.0 Å². The van der Waals surface area contributed by atoms with Crippen molar-refractivity contribution >= 4 is 35.0 Å². The summed E-state index contributed by atoms with van der Waals surface area (Å²) >= 11 is 0. The fourth-order valence-electron chi connectivity index (χ4n) is 4.08. The van der Waals surface area contributed by atoms with Gasteiger partial charge in [0, 0.05) is 12.2 Å². The van der Waals surface area contributed by atoms with Crippen LogP contribution in [0.2, 0.25) is 0 Å². The Morgan fingerprint density at radius 2 is 1.65 bits per heavy atom. The number of fused-ring (bicyclic) bond motifs is 1. The Morgan fingerprint density at radius 3 is 2.32 bits per heavy atom. The molecule has 1 saturated heterocycles. The van der Waals surface area contributed by atoms with Gasteiger partial charge in [0.2, 0.25) is 0 Å². The van der Waals surface area contributed by atoms with Crippen molar-refractivity contribution in [2.45, 2.75) is 18.9 Å². The summed E-state index contributed by atoms with van der Waals surface area (Å²) in [7, 11) is 0. The molecule has 0 radical (unpaired) electrons. The first kappa shape index (κ1) is 21.6. The smallest absolute Gasteiger partial charge is 0.291 e. The third kappa shape index (κ3) is 4.08. The maximum Gasteiger partial charge on any atom is 0.291 e. The highest BCUT2D eigenvalue weighted by atomic mass is 16.5. The van der Waals surface area contributed by atoms with E-state index >= 15 is 0 Å². The zero-order chi connectivity index (χ0) is 23.7. The van der Waals surface area contributed by atoms with Gasteiger partial charge in [0.25, 0.3) is 23.6 Å². The molecule has 1 aromatic heterocycles. The molecule has 0 saturated carbocycles. The summed E-state index contributed by atoms with van der Waals surface area (Å²) in [6.45, 7) is 0.832. The number of nitrogens with one attached hydrogen (secondary N) is 2. The Hall–Kier alpha value is -4.24. The van der Waals surface area contributed by atoms with Crippen LogP contribution in [0.5, 0.6) is 0 Å². The molecule has 1 unspecified atom stereocenters. The molecule has 3 aromatic rings. The zero-order valence-electron chi connectivity index (χ0n) is 18.1. The molecule has 9 heteroatoms. The van der Waals surface area contributed by atoms with Crippen LogP contribution in [0.25, 0.3) is 0 Å². The van der Waals surface area contributed by atoms with Crippen LogP contribution in [0.4, 0.5) is 11.4 Å². The van der Waals surface area contributed by atoms with Gasteiger partial charge in [0.1, 0.15) is 0 Å². The fourth-order valence-corrected chi connectivity index (χ4v) is 4.08. The van der Waals surface area contributed by atoms with E-state index in [0.717, 1.165) is 12.8 Å². The summed E-state index contributed by atoms with van der Waals surface area (Å²) in [4.78, 5) is 52.1. The highest BCUT2D eigenvalue weighted by Gasteiger charge is 2.38. The number of carbonyl (C=O) groups is 4. The summed E-state index contributed by atoms with van der Waals surface area (Å²) in [6.07, 6.45) is 2.95. The number of ether oxygens (including phenoxy) is 1. The Bertz CT molecular complexity index is 1280. The van der Waals surface area contributed by atoms with E-state index in [1.807, 2.05) is 0 Å². The molecular formula is C25H21N3O6. The van der Waals surface area contributed by atoms with Crippen LogP contribution in [-0.4, -0.2) is 47.8 Å². The average Bonchev–Trinajstić information content (AvgIpc) is 3.60. The molecule has 3 heterocycles. The Morgan fingerprint density at radius 1 is 0.912 bits per heavy atom. The first-order chi connectivity index (χ1) is 16.5. The van der Waals surface area contributed by atoms with E-state index in [1.54, 1.807) is 30.3 Å². The number of hydrogen-bond donors (Lipinski definition) is 2. The molecule has 0 bridgehead atoms. The molecule has 1 fully saturated rings. The summed E-state index contributed by atoms with van der Waals surface area (Å²) < 4.78 is 10.7. The number of furan rings is 1. The standard InChI is InChI=1S/C25H21N3O6/c29-22(26-19-6-1-2-7-20(19)27-23(30)21-8-4-12-34-21)15-9-10-17-18(13-15)25(32)28(24(17)31)14-16-5-3-11-33-16/h1-2,4,6-10,12-13,16H,3,5,11,14H2,(H,26,29)(H,27,30). The van der Waals surface area contributed by atoms with Crippen LogP contribution < -0.4 is 10.6 Å². The lowest BCUT2D eigenvalue weighted by Crippen LogP contribution is -2.36. The monoisotopic (exact) mass is 459 g/mol. The van der Waals surface area contributed by atoms with Gasteiger partial charge in [-0.2, -0.15) is 0 Å². The minimum atomic E-state index is -0.486. The molecule has 5 rings (SSSR count). The second-order valence-electron chi connectivity index (χ2n) is 8.05. The van der Waals surface area contributed by atoms with E-state index in [4.69, 9.17) is 9.15 Å².